The van der Waals surface area contributed by atoms with Crippen molar-refractivity contribution in [3.05, 3.63) is 17.8 Å². The summed E-state index contributed by atoms with van der Waals surface area (Å²) >= 11 is 0. The van der Waals surface area contributed by atoms with E-state index >= 15 is 0 Å². The Hall–Kier alpha value is -1.78. The van der Waals surface area contributed by atoms with Gasteiger partial charge in [0.1, 0.15) is 0 Å². The van der Waals surface area contributed by atoms with Gasteiger partial charge in [-0.3, -0.25) is 4.79 Å². The minimum Gasteiger partial charge on any atom is -0.381 e. The van der Waals surface area contributed by atoms with E-state index in [1.165, 1.54) is 17.1 Å². The summed E-state index contributed by atoms with van der Waals surface area (Å²) in [6, 6.07) is 3.94. The molecule has 29 heavy (non-hydrogen) atoms. The lowest BCUT2D eigenvalue weighted by molar-refractivity contribution is -0.123. The Kier molecular flexibility index (Phi) is 7.07. The van der Waals surface area contributed by atoms with Crippen LogP contribution in [0.2, 0.25) is 0 Å². The number of aromatic nitrogens is 2. The van der Waals surface area contributed by atoms with Gasteiger partial charge < -0.3 is 15.4 Å². The van der Waals surface area contributed by atoms with Gasteiger partial charge in [0.25, 0.3) is 0 Å². The number of ether oxygens (including phenoxy) is 1. The van der Waals surface area contributed by atoms with E-state index < -0.39 is 20.7 Å². The quantitative estimate of drug-likeness (QED) is 0.609. The van der Waals surface area contributed by atoms with Crippen molar-refractivity contribution in [3.63, 3.8) is 0 Å². The number of nitrogens with two attached hydrogens (primary N) is 1. The van der Waals surface area contributed by atoms with Gasteiger partial charge in [-0.25, -0.2) is 8.42 Å². The molecule has 3 heterocycles. The molecule has 0 spiro atoms. The molecule has 10 heteroatoms. The summed E-state index contributed by atoms with van der Waals surface area (Å²) in [4.78, 5) is 14.1. The van der Waals surface area contributed by atoms with E-state index in [4.69, 9.17) is 10.5 Å². The topological polar surface area (TPSA) is 119 Å². The van der Waals surface area contributed by atoms with E-state index in [2.05, 4.69) is 17.1 Å². The highest BCUT2D eigenvalue weighted by atomic mass is 32.2. The van der Waals surface area contributed by atoms with Crippen molar-refractivity contribution in [2.24, 2.45) is 5.73 Å². The van der Waals surface area contributed by atoms with E-state index in [9.17, 15) is 13.2 Å². The van der Waals surface area contributed by atoms with Crippen LogP contribution in [0, 0.1) is 0 Å². The van der Waals surface area contributed by atoms with E-state index in [-0.39, 0.29) is 39.1 Å². The van der Waals surface area contributed by atoms with Gasteiger partial charge >= 0.3 is 0 Å². The number of unbranched alkanes of at least 4 members (excludes halogenated alkanes) is 2. The largest absolute Gasteiger partial charge is 0.381 e. The normalized spacial score (nSPS) is 20.5. The first-order chi connectivity index (χ1) is 13.9. The van der Waals surface area contributed by atoms with Gasteiger partial charge in [-0.2, -0.15) is 9.40 Å². The second-order valence-electron chi connectivity index (χ2n) is 7.70. The Morgan fingerprint density at radius 3 is 2.38 bits per heavy atom. The van der Waals surface area contributed by atoms with Crippen molar-refractivity contribution < 1.29 is 17.9 Å². The predicted molar refractivity (Wildman–Crippen MR) is 110 cm³/mol. The maximum atomic E-state index is 13.2. The maximum Gasteiger partial charge on any atom is 0.240 e. The van der Waals surface area contributed by atoms with Gasteiger partial charge in [0.05, 0.1) is 5.69 Å². The summed E-state index contributed by atoms with van der Waals surface area (Å²) in [5, 5.41) is 8.62. The molecule has 1 aromatic heterocycles. The highest BCUT2D eigenvalue weighted by molar-refractivity contribution is 7.91. The molecule has 0 radical (unpaired) electrons. The number of rotatable bonds is 8. The molecule has 0 aliphatic carbocycles. The van der Waals surface area contributed by atoms with E-state index in [0.29, 0.717) is 13.1 Å². The lowest BCUT2D eigenvalue weighted by Crippen LogP contribution is -2.61. The molecule has 2 aliphatic rings. The number of carbonyl (C=O) groups excluding carboxylic acids is 1. The maximum absolute atomic E-state index is 13.2. The van der Waals surface area contributed by atoms with Crippen LogP contribution in [-0.2, 0) is 26.0 Å². The molecule has 0 unspecified atom stereocenters. The monoisotopic (exact) mass is 425 g/mol. The van der Waals surface area contributed by atoms with Crippen molar-refractivity contribution >= 4 is 21.7 Å². The molecule has 2 saturated heterocycles. The smallest absolute Gasteiger partial charge is 0.240 e. The Balaban J connectivity index is 1.63. The molecule has 2 aliphatic heterocycles. The Labute approximate surface area is 172 Å². The molecule has 1 amide bonds. The molecular formula is C19H31N5O4S. The first kappa shape index (κ1) is 21.9. The van der Waals surface area contributed by atoms with Crippen LogP contribution in [-0.4, -0.2) is 73.0 Å². The van der Waals surface area contributed by atoms with Gasteiger partial charge in [-0.05, 0) is 25.0 Å². The van der Waals surface area contributed by atoms with E-state index in [1.54, 1.807) is 0 Å². The number of amides is 1. The molecular weight excluding hydrogens is 394 g/mol. The second kappa shape index (κ2) is 9.36. The Morgan fingerprint density at radius 2 is 1.83 bits per heavy atom. The van der Waals surface area contributed by atoms with Crippen LogP contribution in [0.4, 0.5) is 5.82 Å². The number of carbonyl (C=O) groups is 1. The molecule has 0 atom stereocenters. The van der Waals surface area contributed by atoms with Crippen molar-refractivity contribution in [1.82, 2.24) is 14.5 Å². The van der Waals surface area contributed by atoms with E-state index in [0.717, 1.165) is 24.4 Å². The number of sulfonamides is 1. The molecule has 162 valence electrons. The number of aryl methyl sites for hydroxylation is 1. The number of nitrogens with zero attached hydrogens (tertiary/aromatic N) is 4. The van der Waals surface area contributed by atoms with Gasteiger partial charge in [-0.1, -0.05) is 19.8 Å². The summed E-state index contributed by atoms with van der Waals surface area (Å²) in [6.07, 6.45) is 4.59. The van der Waals surface area contributed by atoms with Gasteiger partial charge in [0, 0.05) is 52.2 Å². The molecule has 0 aromatic carbocycles. The van der Waals surface area contributed by atoms with Crippen LogP contribution >= 0.6 is 0 Å². The van der Waals surface area contributed by atoms with Crippen LogP contribution in [0.3, 0.4) is 0 Å². The summed E-state index contributed by atoms with van der Waals surface area (Å²) < 4.78 is 31.6. The second-order valence-corrected chi connectivity index (χ2v) is 9.95. The zero-order valence-corrected chi connectivity index (χ0v) is 17.9. The third kappa shape index (κ3) is 4.54. The standard InChI is InChI=1S/C19H31N5O4S/c1-2-3-4-5-16-6-7-17(22-21-16)23-10-12-24(13-11-23)29(26,27)19(18(20)25)8-14-28-15-9-19/h6-7H,2-5,8-15H2,1H3,(H2,20,25). The number of primary amides is 1. The zero-order valence-electron chi connectivity index (χ0n) is 17.0. The van der Waals surface area contributed by atoms with Crippen molar-refractivity contribution in [2.45, 2.75) is 50.2 Å². The molecule has 2 N–H and O–H groups in total. The van der Waals surface area contributed by atoms with Crippen LogP contribution < -0.4 is 10.6 Å². The van der Waals surface area contributed by atoms with Crippen LogP contribution in [0.25, 0.3) is 0 Å². The third-order valence-electron chi connectivity index (χ3n) is 5.89. The average Bonchev–Trinajstić information content (AvgIpc) is 2.75. The number of hydrogen-bond donors (Lipinski definition) is 1. The van der Waals surface area contributed by atoms with Crippen molar-refractivity contribution in [2.75, 3.05) is 44.3 Å². The molecule has 0 bridgehead atoms. The summed E-state index contributed by atoms with van der Waals surface area (Å²) in [7, 11) is -3.86. The van der Waals surface area contributed by atoms with Crippen LogP contribution in [0.15, 0.2) is 12.1 Å². The summed E-state index contributed by atoms with van der Waals surface area (Å²) in [5.41, 5.74) is 6.52. The number of piperazine rings is 1. The first-order valence-electron chi connectivity index (χ1n) is 10.4. The van der Waals surface area contributed by atoms with Crippen molar-refractivity contribution in [1.29, 1.82) is 0 Å². The highest BCUT2D eigenvalue weighted by Gasteiger charge is 2.53. The molecule has 3 rings (SSSR count). The summed E-state index contributed by atoms with van der Waals surface area (Å²) in [6.45, 7) is 4.19. The highest BCUT2D eigenvalue weighted by Crippen LogP contribution is 2.33. The summed E-state index contributed by atoms with van der Waals surface area (Å²) in [5.74, 6) is -0.0373. The average molecular weight is 426 g/mol. The first-order valence-corrected chi connectivity index (χ1v) is 11.8. The SMILES string of the molecule is CCCCCc1ccc(N2CCN(S(=O)(=O)C3(C(N)=O)CCOCC3)CC2)nn1. The molecule has 1 aromatic rings. The predicted octanol–water partition coefficient (Wildman–Crippen LogP) is 0.696. The fourth-order valence-corrected chi connectivity index (χ4v) is 6.02. The lowest BCUT2D eigenvalue weighted by Gasteiger charge is -2.41. The third-order valence-corrected chi connectivity index (χ3v) is 8.53. The van der Waals surface area contributed by atoms with Crippen molar-refractivity contribution in [3.8, 4) is 0 Å². The fourth-order valence-electron chi connectivity index (χ4n) is 3.95. The molecule has 9 nitrogen and oxygen atoms in total. The fraction of sp³-hybridized carbons (Fsp3) is 0.737. The molecule has 2 fully saturated rings. The number of hydrogen-bond acceptors (Lipinski definition) is 7. The Bertz CT molecular complexity index is 785. The Morgan fingerprint density at radius 1 is 1.14 bits per heavy atom. The van der Waals surface area contributed by atoms with Crippen LogP contribution in [0.5, 0.6) is 0 Å². The van der Waals surface area contributed by atoms with E-state index in [1.807, 2.05) is 17.0 Å². The minimum atomic E-state index is -3.86. The van der Waals surface area contributed by atoms with Gasteiger partial charge in [0.2, 0.25) is 15.9 Å². The minimum absolute atomic E-state index is 0.107. The zero-order chi connectivity index (χ0) is 20.9. The van der Waals surface area contributed by atoms with Gasteiger partial charge in [0.15, 0.2) is 10.6 Å². The molecule has 0 saturated carbocycles. The van der Waals surface area contributed by atoms with Gasteiger partial charge in [-0.15, -0.1) is 5.10 Å². The number of anilines is 1. The van der Waals surface area contributed by atoms with Crippen LogP contribution in [0.1, 0.15) is 44.7 Å². The lowest BCUT2D eigenvalue weighted by atomic mass is 9.98.